The van der Waals surface area contributed by atoms with E-state index >= 15 is 0 Å². The van der Waals surface area contributed by atoms with E-state index in [1.54, 1.807) is 6.92 Å². The number of pyridine rings is 1. The number of furan rings is 1. The summed E-state index contributed by atoms with van der Waals surface area (Å²) in [6, 6.07) is 5.44. The molecule has 2 aliphatic carbocycles. The maximum atomic E-state index is 14.5. The van der Waals surface area contributed by atoms with Crippen LogP contribution in [0.15, 0.2) is 41.1 Å². The number of esters is 8. The molecule has 2 aromatic heterocycles. The molecule has 1 spiro atoms. The number of aromatic nitrogens is 1. The van der Waals surface area contributed by atoms with Gasteiger partial charge >= 0.3 is 47.8 Å². The van der Waals surface area contributed by atoms with Crippen molar-refractivity contribution in [1.82, 2.24) is 4.98 Å². The SMILES string of the molecule is CC(=O)OCC12C(OC(C)=O)C(OC(C)=O)C3C(OC(C)=O)C14OC3(C)COC(=O)c1cccnc1C(C)C(C)C(=O)OC(C(OC(C)=O)C2OC(=O)c1ccco1)C4(C)O. The van der Waals surface area contributed by atoms with E-state index in [0.717, 1.165) is 47.8 Å². The number of cyclic esters (lactones) is 1. The Hall–Kier alpha value is -5.89. The van der Waals surface area contributed by atoms with Crippen molar-refractivity contribution in [3.8, 4) is 0 Å². The highest BCUT2D eigenvalue weighted by Gasteiger charge is 2.92. The molecular weight excluding hydrogens is 810 g/mol. The average Bonchev–Trinajstić information content (AvgIpc) is 3.79. The molecule has 61 heavy (non-hydrogen) atoms. The Morgan fingerprint density at radius 2 is 1.39 bits per heavy atom. The molecule has 13 unspecified atom stereocenters. The lowest BCUT2D eigenvalue weighted by atomic mass is 9.45. The standard InChI is InChI=1S/C41H47NO19/c1-18-19(2)35(48)59-32-30(56-22(5)45)34(60-37(50)26-13-11-15-52-26)40(17-53-20(3)43)33(58-24(7)47)29(55-21(4)44)27-31(57-23(6)46)41(40,39(32,9)51)61-38(27,8)16-54-36(49)25-12-10-14-42-28(18)25/h10-15,18-19,27,29-34,51H,16-17H2,1-9H3. The van der Waals surface area contributed by atoms with Crippen molar-refractivity contribution >= 4 is 47.8 Å². The third kappa shape index (κ3) is 7.28. The van der Waals surface area contributed by atoms with Crippen molar-refractivity contribution in [3.05, 3.63) is 53.7 Å². The first-order valence-corrected chi connectivity index (χ1v) is 19.4. The fraction of sp³-hybridized carbons (Fsp3) is 0.585. The molecule has 20 nitrogen and oxygen atoms in total. The molecule has 1 N–H and O–H groups in total. The van der Waals surface area contributed by atoms with Gasteiger partial charge in [-0.2, -0.15) is 0 Å². The summed E-state index contributed by atoms with van der Waals surface area (Å²) in [5.41, 5.74) is -10.4. The molecule has 6 rings (SSSR count). The molecular formula is C41H47NO19. The molecule has 2 aromatic rings. The van der Waals surface area contributed by atoms with Crippen LogP contribution in [0.1, 0.15) is 94.8 Å². The van der Waals surface area contributed by atoms with Gasteiger partial charge in [0, 0.05) is 46.7 Å². The van der Waals surface area contributed by atoms with Crippen LogP contribution < -0.4 is 0 Å². The van der Waals surface area contributed by atoms with Gasteiger partial charge in [-0.1, -0.05) is 13.8 Å². The summed E-state index contributed by atoms with van der Waals surface area (Å²) in [7, 11) is 0. The quantitative estimate of drug-likeness (QED) is 0.293. The number of carbonyl (C=O) groups is 8. The number of hydrogen-bond donors (Lipinski definition) is 1. The van der Waals surface area contributed by atoms with Crippen LogP contribution in [0.25, 0.3) is 0 Å². The van der Waals surface area contributed by atoms with Gasteiger partial charge in [0.25, 0.3) is 0 Å². The topological polar surface area (TPSA) is 266 Å². The zero-order valence-corrected chi connectivity index (χ0v) is 34.8. The monoisotopic (exact) mass is 857 g/mol. The molecule has 4 aliphatic rings. The first-order valence-electron chi connectivity index (χ1n) is 19.4. The van der Waals surface area contributed by atoms with Gasteiger partial charge in [-0.05, 0) is 38.1 Å². The van der Waals surface area contributed by atoms with Crippen LogP contribution in [0.2, 0.25) is 0 Å². The van der Waals surface area contributed by atoms with E-state index in [-0.39, 0.29) is 11.3 Å². The van der Waals surface area contributed by atoms with Crippen LogP contribution in [0.5, 0.6) is 0 Å². The molecule has 13 atom stereocenters. The van der Waals surface area contributed by atoms with Crippen molar-refractivity contribution < 1.29 is 90.5 Å². The summed E-state index contributed by atoms with van der Waals surface area (Å²) in [5, 5.41) is 13.6. The first kappa shape index (κ1) is 44.7. The Morgan fingerprint density at radius 1 is 0.787 bits per heavy atom. The minimum absolute atomic E-state index is 0.0561. The van der Waals surface area contributed by atoms with Gasteiger partial charge in [0.15, 0.2) is 30.0 Å². The van der Waals surface area contributed by atoms with Gasteiger partial charge in [0.05, 0.1) is 29.4 Å². The first-order chi connectivity index (χ1) is 28.5. The highest BCUT2D eigenvalue weighted by atomic mass is 16.7. The van der Waals surface area contributed by atoms with Crippen LogP contribution in [0.4, 0.5) is 0 Å². The smallest absolute Gasteiger partial charge is 0.374 e. The Morgan fingerprint density at radius 3 is 1.98 bits per heavy atom. The molecule has 2 aliphatic heterocycles. The van der Waals surface area contributed by atoms with Crippen molar-refractivity contribution in [1.29, 1.82) is 0 Å². The minimum atomic E-state index is -2.88. The lowest BCUT2D eigenvalue weighted by molar-refractivity contribution is -0.385. The van der Waals surface area contributed by atoms with Gasteiger partial charge in [-0.3, -0.25) is 33.8 Å². The zero-order chi connectivity index (χ0) is 45.0. The van der Waals surface area contributed by atoms with Gasteiger partial charge < -0.3 is 52.2 Å². The second kappa shape index (κ2) is 16.2. The molecule has 2 saturated carbocycles. The fourth-order valence-corrected chi connectivity index (χ4v) is 9.64. The lowest BCUT2D eigenvalue weighted by Gasteiger charge is -2.67. The lowest BCUT2D eigenvalue weighted by Crippen LogP contribution is -2.89. The van der Waals surface area contributed by atoms with E-state index in [0.29, 0.717) is 0 Å². The summed E-state index contributed by atoms with van der Waals surface area (Å²) >= 11 is 0. The molecule has 0 radical (unpaired) electrons. The Bertz CT molecular complexity index is 2120. The van der Waals surface area contributed by atoms with Crippen molar-refractivity contribution in [2.45, 2.75) is 122 Å². The summed E-state index contributed by atoms with van der Waals surface area (Å²) in [6.07, 6.45) is -9.87. The Kier molecular flexibility index (Phi) is 11.8. The minimum Gasteiger partial charge on any atom is -0.465 e. The Labute approximate surface area is 348 Å². The predicted molar refractivity (Wildman–Crippen MR) is 198 cm³/mol. The number of fused-ring (bicyclic) bond motifs is 5. The number of nitrogens with zero attached hydrogens (tertiary/aromatic N) is 1. The highest BCUT2D eigenvalue weighted by molar-refractivity contribution is 5.91. The maximum Gasteiger partial charge on any atom is 0.374 e. The number of rotatable bonds is 8. The number of aliphatic hydroxyl groups is 1. The average molecular weight is 858 g/mol. The van der Waals surface area contributed by atoms with Crippen LogP contribution in [-0.4, -0.2) is 124 Å². The largest absolute Gasteiger partial charge is 0.465 e. The molecule has 0 amide bonds. The molecule has 4 heterocycles. The van der Waals surface area contributed by atoms with E-state index < -0.39 is 143 Å². The van der Waals surface area contributed by atoms with Gasteiger partial charge in [-0.25, -0.2) is 9.59 Å². The van der Waals surface area contributed by atoms with Crippen LogP contribution in [-0.2, 0) is 71.4 Å². The maximum absolute atomic E-state index is 14.5. The third-order valence-electron chi connectivity index (χ3n) is 12.1. The van der Waals surface area contributed by atoms with Crippen molar-refractivity contribution in [2.75, 3.05) is 13.2 Å². The molecule has 4 bridgehead atoms. The van der Waals surface area contributed by atoms with E-state index in [9.17, 15) is 43.5 Å². The summed E-state index contributed by atoms with van der Waals surface area (Å²) in [6.45, 7) is 8.53. The van der Waals surface area contributed by atoms with Crippen molar-refractivity contribution in [3.63, 3.8) is 0 Å². The number of hydrogen-bond acceptors (Lipinski definition) is 20. The van der Waals surface area contributed by atoms with E-state index in [4.69, 9.17) is 47.0 Å². The van der Waals surface area contributed by atoms with Gasteiger partial charge in [0.2, 0.25) is 5.76 Å². The highest BCUT2D eigenvalue weighted by Crippen LogP contribution is 2.70. The zero-order valence-electron chi connectivity index (χ0n) is 34.8. The van der Waals surface area contributed by atoms with E-state index in [1.807, 2.05) is 0 Å². The predicted octanol–water partition coefficient (Wildman–Crippen LogP) is 1.92. The second-order valence-electron chi connectivity index (χ2n) is 16.1. The third-order valence-corrected chi connectivity index (χ3v) is 12.1. The molecule has 3 fully saturated rings. The second-order valence-corrected chi connectivity index (χ2v) is 16.1. The summed E-state index contributed by atoms with van der Waals surface area (Å²) < 4.78 is 60.4. The number of ether oxygens (including phenoxy) is 9. The van der Waals surface area contributed by atoms with Gasteiger partial charge in [0.1, 0.15) is 42.0 Å². The van der Waals surface area contributed by atoms with Crippen molar-refractivity contribution in [2.24, 2.45) is 17.3 Å². The molecule has 20 heteroatoms. The van der Waals surface area contributed by atoms with E-state index in [1.165, 1.54) is 44.3 Å². The normalized spacial score (nSPS) is 36.5. The summed E-state index contributed by atoms with van der Waals surface area (Å²) in [4.78, 5) is 113. The van der Waals surface area contributed by atoms with Crippen LogP contribution in [0.3, 0.4) is 0 Å². The Balaban J connectivity index is 1.81. The summed E-state index contributed by atoms with van der Waals surface area (Å²) in [5.74, 6) is -12.6. The molecule has 0 aromatic carbocycles. The fourth-order valence-electron chi connectivity index (χ4n) is 9.64. The molecule has 330 valence electrons. The molecule has 1 saturated heterocycles. The van der Waals surface area contributed by atoms with E-state index in [2.05, 4.69) is 4.98 Å². The van der Waals surface area contributed by atoms with Crippen LogP contribution in [0, 0.1) is 17.3 Å². The number of carbonyl (C=O) groups excluding carboxylic acids is 8. The van der Waals surface area contributed by atoms with Crippen LogP contribution >= 0.6 is 0 Å². The van der Waals surface area contributed by atoms with Gasteiger partial charge in [-0.15, -0.1) is 0 Å².